The number of amides is 1. The predicted octanol–water partition coefficient (Wildman–Crippen LogP) is 4.77. The average Bonchev–Trinajstić information content (AvgIpc) is 3.18. The smallest absolute Gasteiger partial charge is 0.225 e. The van der Waals surface area contributed by atoms with Gasteiger partial charge in [0, 0.05) is 22.6 Å². The lowest BCUT2D eigenvalue weighted by atomic mass is 9.90. The number of fused-ring (bicyclic) bond motifs is 1. The van der Waals surface area contributed by atoms with Gasteiger partial charge in [-0.15, -0.1) is 11.3 Å². The van der Waals surface area contributed by atoms with E-state index in [1.807, 2.05) is 32.0 Å². The lowest BCUT2D eigenvalue weighted by molar-refractivity contribution is -0.116. The molecular formula is C23H23NO5S2. The highest BCUT2D eigenvalue weighted by Gasteiger charge is 2.34. The van der Waals surface area contributed by atoms with Crippen molar-refractivity contribution in [3.8, 4) is 11.5 Å². The zero-order valence-corrected chi connectivity index (χ0v) is 19.1. The summed E-state index contributed by atoms with van der Waals surface area (Å²) in [4.78, 5) is 13.7. The highest BCUT2D eigenvalue weighted by molar-refractivity contribution is 7.91. The third-order valence-electron chi connectivity index (χ3n) is 5.27. The second-order valence-corrected chi connectivity index (χ2v) is 10.1. The van der Waals surface area contributed by atoms with E-state index in [-0.39, 0.29) is 28.0 Å². The third-order valence-corrected chi connectivity index (χ3v) is 8.31. The maximum atomic E-state index is 13.3. The van der Waals surface area contributed by atoms with Crippen LogP contribution in [0.5, 0.6) is 11.5 Å². The number of carbonyl (C=O) groups excluding carboxylic acids is 1. The number of rotatable bonds is 6. The van der Waals surface area contributed by atoms with Crippen LogP contribution in [0.3, 0.4) is 0 Å². The number of ether oxygens (including phenoxy) is 2. The van der Waals surface area contributed by atoms with E-state index in [9.17, 15) is 13.2 Å². The minimum atomic E-state index is -3.76. The molecule has 1 aliphatic heterocycles. The first-order valence-electron chi connectivity index (χ1n) is 9.89. The molecule has 1 atom stereocenters. The summed E-state index contributed by atoms with van der Waals surface area (Å²) in [5, 5.41) is 4.41. The van der Waals surface area contributed by atoms with Crippen LogP contribution in [0.1, 0.15) is 35.3 Å². The molecule has 0 saturated carbocycles. The van der Waals surface area contributed by atoms with Crippen LogP contribution in [0.4, 0.5) is 5.69 Å². The minimum absolute atomic E-state index is 0.132. The van der Waals surface area contributed by atoms with Crippen molar-refractivity contribution in [1.29, 1.82) is 0 Å². The molecular weight excluding hydrogens is 434 g/mol. The number of methoxy groups -OCH3 is 1. The molecule has 8 heteroatoms. The Labute approximate surface area is 185 Å². The lowest BCUT2D eigenvalue weighted by Gasteiger charge is -2.24. The summed E-state index contributed by atoms with van der Waals surface area (Å²) in [5.74, 6) is 0.725. The van der Waals surface area contributed by atoms with Crippen molar-refractivity contribution >= 4 is 32.8 Å². The molecule has 0 radical (unpaired) electrons. The normalized spacial score (nSPS) is 15.8. The van der Waals surface area contributed by atoms with Gasteiger partial charge in [0.2, 0.25) is 15.7 Å². The molecule has 0 saturated heterocycles. The van der Waals surface area contributed by atoms with Crippen molar-refractivity contribution < 1.29 is 22.7 Å². The SMILES string of the molecule is CCOc1ccc(C2CC(=O)Nc3c(S(=O)(=O)c4ccc(C)cc4)csc32)cc1OC. The maximum absolute atomic E-state index is 13.3. The number of hydrogen-bond acceptors (Lipinski definition) is 6. The lowest BCUT2D eigenvalue weighted by Crippen LogP contribution is -2.23. The maximum Gasteiger partial charge on any atom is 0.225 e. The van der Waals surface area contributed by atoms with Gasteiger partial charge in [0.05, 0.1) is 24.3 Å². The van der Waals surface area contributed by atoms with Crippen molar-refractivity contribution in [2.24, 2.45) is 0 Å². The Hall–Kier alpha value is -2.84. The van der Waals surface area contributed by atoms with E-state index >= 15 is 0 Å². The highest BCUT2D eigenvalue weighted by atomic mass is 32.2. The van der Waals surface area contributed by atoms with E-state index in [1.165, 1.54) is 11.3 Å². The average molecular weight is 458 g/mol. The van der Waals surface area contributed by atoms with Crippen LogP contribution >= 0.6 is 11.3 Å². The minimum Gasteiger partial charge on any atom is -0.493 e. The summed E-state index contributed by atoms with van der Waals surface area (Å²) in [7, 11) is -2.19. The monoisotopic (exact) mass is 457 g/mol. The van der Waals surface area contributed by atoms with E-state index in [0.29, 0.717) is 23.8 Å². The van der Waals surface area contributed by atoms with Gasteiger partial charge in [-0.05, 0) is 43.7 Å². The summed E-state index contributed by atoms with van der Waals surface area (Å²) in [6.45, 7) is 4.31. The van der Waals surface area contributed by atoms with Crippen LogP contribution in [0.15, 0.2) is 57.6 Å². The van der Waals surface area contributed by atoms with Crippen molar-refractivity contribution in [2.45, 2.75) is 36.0 Å². The molecule has 6 nitrogen and oxygen atoms in total. The van der Waals surface area contributed by atoms with Crippen LogP contribution < -0.4 is 14.8 Å². The molecule has 1 unspecified atom stereocenters. The van der Waals surface area contributed by atoms with Gasteiger partial charge < -0.3 is 14.8 Å². The van der Waals surface area contributed by atoms with Crippen molar-refractivity contribution in [3.05, 3.63) is 63.8 Å². The van der Waals surface area contributed by atoms with Gasteiger partial charge in [-0.1, -0.05) is 23.8 Å². The fourth-order valence-corrected chi connectivity index (χ4v) is 6.60. The number of nitrogens with one attached hydrogen (secondary N) is 1. The molecule has 1 aromatic heterocycles. The van der Waals surface area contributed by atoms with Crippen molar-refractivity contribution in [3.63, 3.8) is 0 Å². The molecule has 1 aliphatic rings. The molecule has 2 heterocycles. The number of thiophene rings is 1. The Kier molecular flexibility index (Phi) is 5.77. The van der Waals surface area contributed by atoms with Crippen LogP contribution in [0, 0.1) is 6.92 Å². The van der Waals surface area contributed by atoms with Gasteiger partial charge in [-0.2, -0.15) is 0 Å². The number of hydrogen-bond donors (Lipinski definition) is 1. The summed E-state index contributed by atoms with van der Waals surface area (Å²) < 4.78 is 37.6. The van der Waals surface area contributed by atoms with Crippen LogP contribution in [0.25, 0.3) is 0 Å². The molecule has 2 aromatic carbocycles. The van der Waals surface area contributed by atoms with Crippen LogP contribution in [0.2, 0.25) is 0 Å². The van der Waals surface area contributed by atoms with E-state index in [1.54, 1.807) is 36.8 Å². The fraction of sp³-hybridized carbons (Fsp3) is 0.261. The number of carbonyl (C=O) groups is 1. The number of benzene rings is 2. The molecule has 1 amide bonds. The molecule has 1 N–H and O–H groups in total. The predicted molar refractivity (Wildman–Crippen MR) is 120 cm³/mol. The first-order chi connectivity index (χ1) is 14.8. The zero-order valence-electron chi connectivity index (χ0n) is 17.5. The van der Waals surface area contributed by atoms with Crippen LogP contribution in [-0.2, 0) is 14.6 Å². The van der Waals surface area contributed by atoms with E-state index in [2.05, 4.69) is 5.32 Å². The topological polar surface area (TPSA) is 81.7 Å². The van der Waals surface area contributed by atoms with Crippen LogP contribution in [-0.4, -0.2) is 28.0 Å². The number of sulfone groups is 1. The van der Waals surface area contributed by atoms with Crippen molar-refractivity contribution in [2.75, 3.05) is 19.0 Å². The second-order valence-electron chi connectivity index (χ2n) is 7.30. The summed E-state index contributed by atoms with van der Waals surface area (Å²) >= 11 is 1.34. The summed E-state index contributed by atoms with van der Waals surface area (Å²) in [5.41, 5.74) is 2.22. The quantitative estimate of drug-likeness (QED) is 0.577. The van der Waals surface area contributed by atoms with Gasteiger partial charge in [-0.25, -0.2) is 8.42 Å². The van der Waals surface area contributed by atoms with Gasteiger partial charge in [0.25, 0.3) is 0 Å². The Morgan fingerprint density at radius 3 is 2.55 bits per heavy atom. The molecule has 0 aliphatic carbocycles. The molecule has 0 fully saturated rings. The molecule has 4 rings (SSSR count). The Bertz CT molecular complexity index is 1230. The first-order valence-corrected chi connectivity index (χ1v) is 12.2. The molecule has 0 spiro atoms. The summed E-state index contributed by atoms with van der Waals surface area (Å²) in [6.07, 6.45) is 0.231. The number of aryl methyl sites for hydroxylation is 1. The first kappa shape index (κ1) is 21.4. The van der Waals surface area contributed by atoms with Crippen molar-refractivity contribution in [1.82, 2.24) is 0 Å². The molecule has 31 heavy (non-hydrogen) atoms. The van der Waals surface area contributed by atoms with Gasteiger partial charge in [0.15, 0.2) is 11.5 Å². The Morgan fingerprint density at radius 2 is 1.87 bits per heavy atom. The molecule has 162 valence electrons. The van der Waals surface area contributed by atoms with E-state index < -0.39 is 9.84 Å². The second kappa shape index (κ2) is 8.36. The third kappa shape index (κ3) is 3.93. The van der Waals surface area contributed by atoms with Gasteiger partial charge in [-0.3, -0.25) is 4.79 Å². The zero-order chi connectivity index (χ0) is 22.2. The summed E-state index contributed by atoms with van der Waals surface area (Å²) in [6, 6.07) is 12.3. The number of anilines is 1. The standard InChI is InChI=1S/C23H23NO5S2/c1-4-29-18-10-7-15(11-19(18)28-3)17-12-21(25)24-22-20(13-30-23(17)22)31(26,27)16-8-5-14(2)6-9-16/h5-11,13,17H,4,12H2,1-3H3,(H,24,25). The van der Waals surface area contributed by atoms with Gasteiger partial charge in [0.1, 0.15) is 4.90 Å². The molecule has 0 bridgehead atoms. The Balaban J connectivity index is 1.78. The Morgan fingerprint density at radius 1 is 1.13 bits per heavy atom. The van der Waals surface area contributed by atoms with E-state index in [4.69, 9.17) is 9.47 Å². The largest absolute Gasteiger partial charge is 0.493 e. The highest BCUT2D eigenvalue weighted by Crippen LogP contribution is 2.47. The fourth-order valence-electron chi connectivity index (χ4n) is 3.69. The van der Waals surface area contributed by atoms with Gasteiger partial charge >= 0.3 is 0 Å². The molecule has 3 aromatic rings. The van der Waals surface area contributed by atoms with E-state index in [0.717, 1.165) is 16.0 Å².